The van der Waals surface area contributed by atoms with Crippen LogP contribution in [0, 0.1) is 17.8 Å². The number of hydrogen-bond donors (Lipinski definition) is 6. The maximum atomic E-state index is 12.1. The number of Topliss-reactive ketones (excluding diaryl/α,β-unsaturated/α-hetero) is 2. The van der Waals surface area contributed by atoms with Gasteiger partial charge < -0.3 is 55.3 Å². The smallest absolute Gasteiger partial charge is 0.306 e. The number of benzene rings is 2. The number of halogens is 3. The number of ketones is 2. The molecule has 3 aliphatic heterocycles. The van der Waals surface area contributed by atoms with Gasteiger partial charge in [0.1, 0.15) is 45.3 Å². The number of aromatic nitrogens is 9. The van der Waals surface area contributed by atoms with Crippen LogP contribution in [0.1, 0.15) is 126 Å². The summed E-state index contributed by atoms with van der Waals surface area (Å²) >= 11 is 17.3. The predicted octanol–water partition coefficient (Wildman–Crippen LogP) is 12.0. The molecular formula is C67H83Cl3N14O8. The second-order valence-corrected chi connectivity index (χ2v) is 24.6. The number of unbranched alkanes of at least 4 members (excludes halogenated alkanes) is 1. The molecule has 2 aliphatic carbocycles. The number of nitrogen functional groups attached to an aromatic ring is 1. The first-order chi connectivity index (χ1) is 44.6. The number of piperidine rings is 3. The molecule has 490 valence electrons. The van der Waals surface area contributed by atoms with E-state index in [-0.39, 0.29) is 28.5 Å². The van der Waals surface area contributed by atoms with Crippen molar-refractivity contribution in [1.82, 2.24) is 50.2 Å². The number of carbonyl (C=O) groups excluding carboxylic acids is 5. The summed E-state index contributed by atoms with van der Waals surface area (Å²) in [6.45, 7) is 12.7. The number of aryl methyl sites for hydroxylation is 2. The lowest BCUT2D eigenvalue weighted by molar-refractivity contribution is -0.145. The van der Waals surface area contributed by atoms with Crippen LogP contribution >= 0.6 is 34.8 Å². The maximum Gasteiger partial charge on any atom is 0.306 e. The highest BCUT2D eigenvalue weighted by Gasteiger charge is 2.27. The third-order valence-electron chi connectivity index (χ3n) is 16.9. The molecule has 3 fully saturated rings. The molecule has 0 bridgehead atoms. The minimum absolute atomic E-state index is 0.0376. The summed E-state index contributed by atoms with van der Waals surface area (Å²) in [5.74, 6) is 4.04. The summed E-state index contributed by atoms with van der Waals surface area (Å²) < 4.78 is 15.3. The van der Waals surface area contributed by atoms with Gasteiger partial charge in [-0.2, -0.15) is 24.9 Å². The summed E-state index contributed by atoms with van der Waals surface area (Å²) in [5.41, 5.74) is 14.3. The third-order valence-corrected chi connectivity index (χ3v) is 17.6. The molecule has 3 saturated heterocycles. The predicted molar refractivity (Wildman–Crippen MR) is 360 cm³/mol. The summed E-state index contributed by atoms with van der Waals surface area (Å²) in [7, 11) is 0. The Balaban J connectivity index is 0.000000149. The number of aromatic amines is 3. The van der Waals surface area contributed by atoms with E-state index in [4.69, 9.17) is 59.7 Å². The summed E-state index contributed by atoms with van der Waals surface area (Å²) in [4.78, 5) is 97.1. The molecule has 0 atom stereocenters. The van der Waals surface area contributed by atoms with E-state index in [0.717, 1.165) is 165 Å². The summed E-state index contributed by atoms with van der Waals surface area (Å²) in [6, 6.07) is 17.7. The molecule has 0 saturated carbocycles. The number of nitrogens with zero attached hydrogens (tertiary/aromatic N) is 8. The first-order valence-corrected chi connectivity index (χ1v) is 33.2. The van der Waals surface area contributed by atoms with Gasteiger partial charge in [-0.1, -0.05) is 37.1 Å². The molecule has 0 amide bonds. The quantitative estimate of drug-likeness (QED) is 0.0139. The van der Waals surface area contributed by atoms with Gasteiger partial charge in [0.05, 0.1) is 36.0 Å². The summed E-state index contributed by atoms with van der Waals surface area (Å²) in [5, 5.41) is 10.2. The van der Waals surface area contributed by atoms with Gasteiger partial charge in [0.2, 0.25) is 16.5 Å². The van der Waals surface area contributed by atoms with Gasteiger partial charge in [-0.15, -0.1) is 0 Å². The molecule has 8 aromatic rings. The van der Waals surface area contributed by atoms with Crippen LogP contribution in [0.4, 0.5) is 29.0 Å². The van der Waals surface area contributed by atoms with Crippen molar-refractivity contribution in [2.24, 2.45) is 17.8 Å². The van der Waals surface area contributed by atoms with Crippen LogP contribution in [0.5, 0.6) is 0 Å². The zero-order valence-corrected chi connectivity index (χ0v) is 54.9. The Morgan fingerprint density at radius 1 is 0.554 bits per heavy atom. The van der Waals surface area contributed by atoms with Crippen molar-refractivity contribution in [2.45, 2.75) is 130 Å². The molecule has 6 aromatic heterocycles. The number of ether oxygens (including phenoxy) is 3. The van der Waals surface area contributed by atoms with Crippen LogP contribution in [0.25, 0.3) is 33.1 Å². The van der Waals surface area contributed by atoms with Crippen LogP contribution < -0.4 is 26.2 Å². The van der Waals surface area contributed by atoms with Crippen LogP contribution in [0.15, 0.2) is 73.2 Å². The number of nitrogens with two attached hydrogens (primary N) is 1. The molecule has 0 radical (unpaired) electrons. The second kappa shape index (κ2) is 34.1. The van der Waals surface area contributed by atoms with Crippen molar-refractivity contribution in [3.63, 3.8) is 0 Å². The molecule has 5 aliphatic rings. The van der Waals surface area contributed by atoms with E-state index >= 15 is 0 Å². The molecule has 92 heavy (non-hydrogen) atoms. The van der Waals surface area contributed by atoms with Crippen LogP contribution in [0.2, 0.25) is 15.7 Å². The highest BCUT2D eigenvalue weighted by molar-refractivity contribution is 6.35. The Bertz CT molecular complexity index is 3780. The molecule has 2 aromatic carbocycles. The van der Waals surface area contributed by atoms with Crippen LogP contribution in [-0.4, -0.2) is 133 Å². The van der Waals surface area contributed by atoms with E-state index in [9.17, 15) is 24.0 Å². The minimum atomic E-state index is -0.0981. The molecule has 13 rings (SSSR count). The number of H-pyrrole nitrogens is 3. The van der Waals surface area contributed by atoms with Crippen LogP contribution in [0.3, 0.4) is 0 Å². The Kier molecular flexibility index (Phi) is 25.4. The standard InChI is InChI=1S/C27H33N5O3.C15H19ClN4O2.C10H11NO.C9H17NO2.C6H3Cl2N3/c1-2-3-14-35-24(34)15-18-9-12-32(13-10-18)26-23-8-11-28-25(23)30-27(31-26)29-21-6-4-20-17-22(33)7-5-19(20)16-21;1-2-22-12(21)9-10-4-7-20(8-5-10)14-11-3-6-17-13(11)18-15(16)19-14;11-9-3-1-8-6-10(12)4-2-7(8)5-9;1-2-12-9(11)7-8-3-5-10-6-4-8;7-4-3-1-2-9-5(3)11-6(8)10-4/h4,6,8,11,16,18H,2-3,5,7,9-10,12-15,17H2,1H3,(H2,28,29,30,31);3,6,10H,2,4-5,7-9H2,1H3,(H,17,18,19);1,3,5H,2,4,6,11H2;8,10H,2-7H2,1H3;1-2H,(H,9,10,11). The maximum absolute atomic E-state index is 12.1. The lowest BCUT2D eigenvalue weighted by Crippen LogP contribution is -2.35. The topological polar surface area (TPSA) is 294 Å². The number of fused-ring (bicyclic) bond motifs is 5. The normalized spacial score (nSPS) is 15.9. The highest BCUT2D eigenvalue weighted by Crippen LogP contribution is 2.33. The third kappa shape index (κ3) is 19.8. The van der Waals surface area contributed by atoms with E-state index in [0.29, 0.717) is 111 Å². The van der Waals surface area contributed by atoms with Crippen LogP contribution in [-0.2, 0) is 63.9 Å². The van der Waals surface area contributed by atoms with E-state index in [2.05, 4.69) is 73.3 Å². The zero-order chi connectivity index (χ0) is 64.9. The fourth-order valence-electron chi connectivity index (χ4n) is 12.0. The average molecular weight is 1320 g/mol. The number of hydrogen-bond acceptors (Lipinski definition) is 19. The number of carbonyl (C=O) groups is 5. The van der Waals surface area contributed by atoms with Crippen molar-refractivity contribution in [2.75, 3.05) is 79.9 Å². The Morgan fingerprint density at radius 3 is 1.59 bits per heavy atom. The molecular weight excluding hydrogens is 1240 g/mol. The average Bonchev–Trinajstić information content (AvgIpc) is 1.59. The fraction of sp³-hybridized carbons (Fsp3) is 0.478. The Hall–Kier alpha value is -7.92. The van der Waals surface area contributed by atoms with Gasteiger partial charge in [0.25, 0.3) is 0 Å². The molecule has 25 heteroatoms. The van der Waals surface area contributed by atoms with Gasteiger partial charge in [0, 0.05) is 101 Å². The van der Waals surface area contributed by atoms with E-state index in [1.165, 1.54) is 11.1 Å². The number of esters is 3. The van der Waals surface area contributed by atoms with Gasteiger partial charge in [-0.05, 0) is 190 Å². The number of rotatable bonds is 15. The molecule has 7 N–H and O–H groups in total. The van der Waals surface area contributed by atoms with Gasteiger partial charge >= 0.3 is 17.9 Å². The van der Waals surface area contributed by atoms with E-state index < -0.39 is 0 Å². The second-order valence-electron chi connectivity index (χ2n) is 23.6. The zero-order valence-electron chi connectivity index (χ0n) is 52.6. The number of anilines is 5. The molecule has 0 unspecified atom stereocenters. The lowest BCUT2D eigenvalue weighted by atomic mass is 9.90. The van der Waals surface area contributed by atoms with Crippen molar-refractivity contribution < 1.29 is 38.2 Å². The first kappa shape index (κ1) is 68.4. The minimum Gasteiger partial charge on any atom is -0.466 e. The van der Waals surface area contributed by atoms with E-state index in [1.54, 1.807) is 12.3 Å². The highest BCUT2D eigenvalue weighted by atomic mass is 35.5. The van der Waals surface area contributed by atoms with Gasteiger partial charge in [-0.25, -0.2) is 4.98 Å². The van der Waals surface area contributed by atoms with Crippen molar-refractivity contribution in [3.05, 3.63) is 111 Å². The van der Waals surface area contributed by atoms with Crippen molar-refractivity contribution in [3.8, 4) is 0 Å². The Labute approximate surface area is 550 Å². The number of nitrogens with one attached hydrogen (secondary N) is 5. The summed E-state index contributed by atoms with van der Waals surface area (Å²) in [6.07, 6.45) is 19.1. The monoisotopic (exact) mass is 1320 g/mol. The SMILES string of the molecule is CCCCOC(=O)CC1CCN(c2nc(Nc3ccc4c(c3)CCC(=O)C4)nc3[nH]ccc23)CC1.CCOC(=O)CC1CCN(c2nc(Cl)nc3[nH]ccc23)CC1.CCOC(=O)CC1CCNCC1.Clc1nc(Cl)c2cc[nH]c2n1.Nc1ccc2c(c1)CCC(=O)C2. The molecule has 0 spiro atoms. The Morgan fingerprint density at radius 2 is 1.03 bits per heavy atom. The fourth-order valence-corrected chi connectivity index (χ4v) is 12.6. The van der Waals surface area contributed by atoms with Crippen molar-refractivity contribution >= 4 is 126 Å². The van der Waals surface area contributed by atoms with Crippen molar-refractivity contribution in [1.29, 1.82) is 0 Å². The molecule has 9 heterocycles. The largest absolute Gasteiger partial charge is 0.466 e. The van der Waals surface area contributed by atoms with Gasteiger partial charge in [0.15, 0.2) is 0 Å². The first-order valence-electron chi connectivity index (χ1n) is 32.1. The molecule has 22 nitrogen and oxygen atoms in total. The van der Waals surface area contributed by atoms with Gasteiger partial charge in [-0.3, -0.25) is 24.0 Å². The lowest BCUT2D eigenvalue weighted by Gasteiger charge is -2.33. The van der Waals surface area contributed by atoms with E-state index in [1.807, 2.05) is 68.7 Å².